The van der Waals surface area contributed by atoms with E-state index in [9.17, 15) is 0 Å². The van der Waals surface area contributed by atoms with Gasteiger partial charge in [-0.3, -0.25) is 0 Å². The SMILES string of the molecule is CC1CCCc2nc(C3CCOC3)nn21. The third kappa shape index (κ3) is 1.57. The van der Waals surface area contributed by atoms with Crippen LogP contribution in [0, 0.1) is 0 Å². The molecule has 0 saturated carbocycles. The molecule has 1 aromatic heterocycles. The molecule has 15 heavy (non-hydrogen) atoms. The van der Waals surface area contributed by atoms with Gasteiger partial charge < -0.3 is 4.74 Å². The van der Waals surface area contributed by atoms with Gasteiger partial charge in [0.05, 0.1) is 12.6 Å². The molecule has 0 spiro atoms. The van der Waals surface area contributed by atoms with Gasteiger partial charge in [-0.2, -0.15) is 5.10 Å². The van der Waals surface area contributed by atoms with Gasteiger partial charge in [0.2, 0.25) is 0 Å². The highest BCUT2D eigenvalue weighted by atomic mass is 16.5. The summed E-state index contributed by atoms with van der Waals surface area (Å²) in [7, 11) is 0. The molecule has 0 amide bonds. The monoisotopic (exact) mass is 207 g/mol. The first kappa shape index (κ1) is 9.33. The fourth-order valence-corrected chi connectivity index (χ4v) is 2.49. The minimum atomic E-state index is 0.440. The smallest absolute Gasteiger partial charge is 0.156 e. The Morgan fingerprint density at radius 2 is 2.33 bits per heavy atom. The lowest BCUT2D eigenvalue weighted by Crippen LogP contribution is -2.16. The first-order valence-corrected chi connectivity index (χ1v) is 5.87. The number of aromatic nitrogens is 3. The largest absolute Gasteiger partial charge is 0.381 e. The van der Waals surface area contributed by atoms with E-state index in [0.29, 0.717) is 12.0 Å². The number of nitrogens with zero attached hydrogens (tertiary/aromatic N) is 3. The van der Waals surface area contributed by atoms with Gasteiger partial charge in [-0.05, 0) is 26.2 Å². The Labute approximate surface area is 89.6 Å². The average Bonchev–Trinajstić information content (AvgIpc) is 2.86. The van der Waals surface area contributed by atoms with Crippen LogP contribution in [0.5, 0.6) is 0 Å². The normalized spacial score (nSPS) is 30.5. The topological polar surface area (TPSA) is 39.9 Å². The first-order chi connectivity index (χ1) is 7.34. The number of ether oxygens (including phenoxy) is 1. The lowest BCUT2D eigenvalue weighted by Gasteiger charge is -2.18. The van der Waals surface area contributed by atoms with Gasteiger partial charge in [0.15, 0.2) is 5.82 Å². The molecule has 1 fully saturated rings. The van der Waals surface area contributed by atoms with Crippen molar-refractivity contribution in [3.05, 3.63) is 11.6 Å². The van der Waals surface area contributed by atoms with Crippen molar-refractivity contribution in [2.24, 2.45) is 0 Å². The summed E-state index contributed by atoms with van der Waals surface area (Å²) in [5, 5.41) is 4.64. The Hall–Kier alpha value is -0.900. The van der Waals surface area contributed by atoms with E-state index in [-0.39, 0.29) is 0 Å². The molecule has 1 aromatic rings. The second-order valence-corrected chi connectivity index (χ2v) is 4.63. The number of rotatable bonds is 1. The number of fused-ring (bicyclic) bond motifs is 1. The number of hydrogen-bond donors (Lipinski definition) is 0. The van der Waals surface area contributed by atoms with Crippen molar-refractivity contribution >= 4 is 0 Å². The highest BCUT2D eigenvalue weighted by Gasteiger charge is 2.26. The molecule has 2 atom stereocenters. The van der Waals surface area contributed by atoms with Crippen LogP contribution < -0.4 is 0 Å². The van der Waals surface area contributed by atoms with E-state index in [1.54, 1.807) is 0 Å². The molecule has 1 saturated heterocycles. The lowest BCUT2D eigenvalue weighted by molar-refractivity contribution is 0.193. The molecule has 82 valence electrons. The maximum Gasteiger partial charge on any atom is 0.156 e. The van der Waals surface area contributed by atoms with Gasteiger partial charge in [0.1, 0.15) is 5.82 Å². The zero-order chi connectivity index (χ0) is 10.3. The summed E-state index contributed by atoms with van der Waals surface area (Å²) in [5.41, 5.74) is 0. The fraction of sp³-hybridized carbons (Fsp3) is 0.818. The fourth-order valence-electron chi connectivity index (χ4n) is 2.49. The van der Waals surface area contributed by atoms with E-state index < -0.39 is 0 Å². The van der Waals surface area contributed by atoms with Crippen LogP contribution >= 0.6 is 0 Å². The Morgan fingerprint density at radius 3 is 3.07 bits per heavy atom. The minimum absolute atomic E-state index is 0.440. The van der Waals surface area contributed by atoms with E-state index in [4.69, 9.17) is 4.74 Å². The minimum Gasteiger partial charge on any atom is -0.381 e. The molecule has 0 radical (unpaired) electrons. The summed E-state index contributed by atoms with van der Waals surface area (Å²) in [6.45, 7) is 3.90. The quantitative estimate of drug-likeness (QED) is 0.703. The summed E-state index contributed by atoms with van der Waals surface area (Å²) < 4.78 is 7.50. The average molecular weight is 207 g/mol. The third-order valence-corrected chi connectivity index (χ3v) is 3.45. The van der Waals surface area contributed by atoms with Crippen LogP contribution in [0.1, 0.15) is 49.8 Å². The highest BCUT2D eigenvalue weighted by molar-refractivity contribution is 5.03. The highest BCUT2D eigenvalue weighted by Crippen LogP contribution is 2.27. The molecular weight excluding hydrogens is 190 g/mol. The van der Waals surface area contributed by atoms with Crippen LogP contribution in [0.3, 0.4) is 0 Å². The van der Waals surface area contributed by atoms with Crippen molar-refractivity contribution in [1.29, 1.82) is 0 Å². The number of hydrogen-bond acceptors (Lipinski definition) is 3. The maximum atomic E-state index is 5.38. The second kappa shape index (κ2) is 3.59. The van der Waals surface area contributed by atoms with Crippen LogP contribution in [0.15, 0.2) is 0 Å². The Kier molecular flexibility index (Phi) is 2.24. The standard InChI is InChI=1S/C11H17N3O/c1-8-3-2-4-10-12-11(13-14(8)10)9-5-6-15-7-9/h8-9H,2-7H2,1H3. The van der Waals surface area contributed by atoms with E-state index in [1.807, 2.05) is 0 Å². The first-order valence-electron chi connectivity index (χ1n) is 5.87. The van der Waals surface area contributed by atoms with Crippen LogP contribution in [-0.4, -0.2) is 28.0 Å². The molecule has 3 heterocycles. The van der Waals surface area contributed by atoms with Crippen molar-refractivity contribution in [3.8, 4) is 0 Å². The lowest BCUT2D eigenvalue weighted by atomic mass is 10.1. The molecule has 0 bridgehead atoms. The summed E-state index contributed by atoms with van der Waals surface area (Å²) in [4.78, 5) is 4.66. The predicted octanol–water partition coefficient (Wildman–Crippen LogP) is 1.68. The molecule has 0 aromatic carbocycles. The van der Waals surface area contributed by atoms with Crippen molar-refractivity contribution in [1.82, 2.24) is 14.8 Å². The van der Waals surface area contributed by atoms with Crippen LogP contribution in [0.2, 0.25) is 0 Å². The van der Waals surface area contributed by atoms with Crippen molar-refractivity contribution in [2.75, 3.05) is 13.2 Å². The van der Waals surface area contributed by atoms with Crippen LogP contribution in [0.4, 0.5) is 0 Å². The molecule has 3 rings (SSSR count). The van der Waals surface area contributed by atoms with Gasteiger partial charge in [-0.1, -0.05) is 0 Å². The van der Waals surface area contributed by atoms with Gasteiger partial charge in [0, 0.05) is 18.9 Å². The molecule has 0 aliphatic carbocycles. The Balaban J connectivity index is 1.90. The van der Waals surface area contributed by atoms with Gasteiger partial charge in [-0.25, -0.2) is 9.67 Å². The summed E-state index contributed by atoms with van der Waals surface area (Å²) in [5.74, 6) is 2.63. The van der Waals surface area contributed by atoms with Gasteiger partial charge >= 0.3 is 0 Å². The molecule has 2 aliphatic heterocycles. The van der Waals surface area contributed by atoms with E-state index in [0.717, 1.165) is 31.9 Å². The zero-order valence-electron chi connectivity index (χ0n) is 9.15. The molecule has 2 aliphatic rings. The maximum absolute atomic E-state index is 5.38. The van der Waals surface area contributed by atoms with Gasteiger partial charge in [-0.15, -0.1) is 0 Å². The Morgan fingerprint density at radius 1 is 1.40 bits per heavy atom. The second-order valence-electron chi connectivity index (χ2n) is 4.63. The molecule has 0 N–H and O–H groups in total. The zero-order valence-corrected chi connectivity index (χ0v) is 9.15. The van der Waals surface area contributed by atoms with Crippen molar-refractivity contribution in [2.45, 2.75) is 44.6 Å². The number of aryl methyl sites for hydroxylation is 1. The molecular formula is C11H17N3O. The Bertz CT molecular complexity index is 355. The van der Waals surface area contributed by atoms with Crippen molar-refractivity contribution < 1.29 is 4.74 Å². The third-order valence-electron chi connectivity index (χ3n) is 3.45. The molecule has 4 heteroatoms. The predicted molar refractivity (Wildman–Crippen MR) is 55.8 cm³/mol. The van der Waals surface area contributed by atoms with E-state index in [2.05, 4.69) is 21.7 Å². The molecule has 2 unspecified atom stereocenters. The summed E-state index contributed by atoms with van der Waals surface area (Å²) in [6, 6.07) is 0.525. The van der Waals surface area contributed by atoms with E-state index in [1.165, 1.54) is 18.7 Å². The summed E-state index contributed by atoms with van der Waals surface area (Å²) >= 11 is 0. The van der Waals surface area contributed by atoms with Crippen LogP contribution in [0.25, 0.3) is 0 Å². The van der Waals surface area contributed by atoms with E-state index >= 15 is 0 Å². The van der Waals surface area contributed by atoms with Crippen LogP contribution in [-0.2, 0) is 11.2 Å². The summed E-state index contributed by atoms with van der Waals surface area (Å²) in [6.07, 6.45) is 4.65. The van der Waals surface area contributed by atoms with Crippen molar-refractivity contribution in [3.63, 3.8) is 0 Å². The molecule has 4 nitrogen and oxygen atoms in total. The van der Waals surface area contributed by atoms with Gasteiger partial charge in [0.25, 0.3) is 0 Å².